The summed E-state index contributed by atoms with van der Waals surface area (Å²) in [6, 6.07) is 14.6. The van der Waals surface area contributed by atoms with Gasteiger partial charge >= 0.3 is 12.1 Å². The average Bonchev–Trinajstić information content (AvgIpc) is 2.71. The summed E-state index contributed by atoms with van der Waals surface area (Å²) in [4.78, 5) is 26.3. The lowest BCUT2D eigenvalue weighted by molar-refractivity contribution is -0.249. The van der Waals surface area contributed by atoms with Crippen LogP contribution in [0.5, 0.6) is 0 Å². The molecule has 0 unspecified atom stereocenters. The lowest BCUT2D eigenvalue weighted by atomic mass is 9.95. The predicted octanol–water partition coefficient (Wildman–Crippen LogP) is 3.30. The second kappa shape index (κ2) is 8.24. The summed E-state index contributed by atoms with van der Waals surface area (Å²) in [5.74, 6) is -2.55. The summed E-state index contributed by atoms with van der Waals surface area (Å²) >= 11 is 0. The van der Waals surface area contributed by atoms with Gasteiger partial charge in [-0.15, -0.1) is 0 Å². The first-order valence-corrected chi connectivity index (χ1v) is 9.23. The van der Waals surface area contributed by atoms with Gasteiger partial charge in [0.05, 0.1) is 6.61 Å². The number of amides is 1. The quantitative estimate of drug-likeness (QED) is 0.775. The lowest BCUT2D eigenvalue weighted by Gasteiger charge is -2.44. The van der Waals surface area contributed by atoms with Crippen LogP contribution in [0, 0.1) is 0 Å². The van der Waals surface area contributed by atoms with Crippen LogP contribution < -0.4 is 5.32 Å². The van der Waals surface area contributed by atoms with E-state index in [1.165, 1.54) is 31.2 Å². The van der Waals surface area contributed by atoms with Crippen LogP contribution in [0.3, 0.4) is 0 Å². The number of nitrogens with one attached hydrogen (secondary N) is 1. The molecule has 1 heterocycles. The average molecular weight is 406 g/mol. The van der Waals surface area contributed by atoms with Crippen LogP contribution in [0.2, 0.25) is 0 Å². The van der Waals surface area contributed by atoms with Crippen molar-refractivity contribution in [3.63, 3.8) is 0 Å². The number of hydrogen-bond donors (Lipinski definition) is 1. The van der Waals surface area contributed by atoms with Crippen molar-refractivity contribution in [3.8, 4) is 0 Å². The fraction of sp³-hybridized carbons (Fsp3) is 0.333. The number of hydrogen-bond acceptors (Lipinski definition) is 4. The van der Waals surface area contributed by atoms with E-state index >= 15 is 0 Å². The van der Waals surface area contributed by atoms with E-state index in [-0.39, 0.29) is 25.3 Å². The summed E-state index contributed by atoms with van der Waals surface area (Å²) in [7, 11) is 0. The van der Waals surface area contributed by atoms with Gasteiger partial charge in [-0.05, 0) is 36.6 Å². The van der Waals surface area contributed by atoms with Crippen molar-refractivity contribution in [2.75, 3.05) is 13.2 Å². The van der Waals surface area contributed by atoms with E-state index in [0.29, 0.717) is 12.0 Å². The normalized spacial score (nSPS) is 16.4. The van der Waals surface area contributed by atoms with E-state index < -0.39 is 23.7 Å². The number of ether oxygens (including phenoxy) is 1. The van der Waals surface area contributed by atoms with Crippen LogP contribution in [-0.2, 0) is 22.5 Å². The molecular formula is C21H21F3N2O3. The molecule has 0 aliphatic carbocycles. The first-order chi connectivity index (χ1) is 13.8. The third-order valence-corrected chi connectivity index (χ3v) is 4.92. The third kappa shape index (κ3) is 3.98. The lowest BCUT2D eigenvalue weighted by Crippen LogP contribution is -2.74. The predicted molar refractivity (Wildman–Crippen MR) is 99.9 cm³/mol. The van der Waals surface area contributed by atoms with Gasteiger partial charge < -0.3 is 10.1 Å². The molecule has 5 nitrogen and oxygen atoms in total. The maximum absolute atomic E-state index is 14.4. The minimum absolute atomic E-state index is 0.0165. The second-order valence-corrected chi connectivity index (χ2v) is 6.69. The van der Waals surface area contributed by atoms with Gasteiger partial charge in [-0.3, -0.25) is 9.69 Å². The molecule has 0 saturated carbocycles. The van der Waals surface area contributed by atoms with Gasteiger partial charge in [0.25, 0.3) is 11.6 Å². The number of fused-ring (bicyclic) bond motifs is 1. The maximum Gasteiger partial charge on any atom is 0.436 e. The summed E-state index contributed by atoms with van der Waals surface area (Å²) in [5, 5.41) is 1.96. The van der Waals surface area contributed by atoms with Gasteiger partial charge in [-0.25, -0.2) is 4.79 Å². The number of benzene rings is 2. The Labute approximate surface area is 166 Å². The zero-order chi connectivity index (χ0) is 21.1. The van der Waals surface area contributed by atoms with Crippen molar-refractivity contribution < 1.29 is 27.5 Å². The van der Waals surface area contributed by atoms with E-state index in [1.54, 1.807) is 18.2 Å². The Morgan fingerprint density at radius 2 is 1.66 bits per heavy atom. The molecule has 0 radical (unpaired) electrons. The first-order valence-electron chi connectivity index (χ1n) is 9.23. The minimum atomic E-state index is -5.10. The number of carbonyl (C=O) groups is 2. The first kappa shape index (κ1) is 20.9. The Morgan fingerprint density at radius 1 is 1.03 bits per heavy atom. The Bertz CT molecular complexity index is 886. The highest BCUT2D eigenvalue weighted by Crippen LogP contribution is 2.38. The molecule has 1 N–H and O–H groups in total. The van der Waals surface area contributed by atoms with E-state index in [9.17, 15) is 22.8 Å². The number of halogens is 3. The molecule has 0 saturated heterocycles. The smallest absolute Gasteiger partial charge is 0.436 e. The van der Waals surface area contributed by atoms with Crippen LogP contribution >= 0.6 is 0 Å². The summed E-state index contributed by atoms with van der Waals surface area (Å²) in [6.07, 6.45) is -4.79. The molecule has 1 aliphatic rings. The molecule has 1 amide bonds. The molecule has 29 heavy (non-hydrogen) atoms. The van der Waals surface area contributed by atoms with Crippen LogP contribution in [-0.4, -0.2) is 41.8 Å². The van der Waals surface area contributed by atoms with Gasteiger partial charge in [0.1, 0.15) is 0 Å². The Morgan fingerprint density at radius 3 is 2.28 bits per heavy atom. The van der Waals surface area contributed by atoms with Crippen molar-refractivity contribution in [1.29, 1.82) is 0 Å². The molecule has 154 valence electrons. The van der Waals surface area contributed by atoms with Crippen molar-refractivity contribution in [2.24, 2.45) is 0 Å². The van der Waals surface area contributed by atoms with Crippen LogP contribution in [0.15, 0.2) is 54.6 Å². The Balaban J connectivity index is 2.05. The molecule has 3 rings (SSSR count). The fourth-order valence-electron chi connectivity index (χ4n) is 3.47. The molecule has 0 bridgehead atoms. The number of rotatable bonds is 5. The van der Waals surface area contributed by atoms with Crippen LogP contribution in [0.1, 0.15) is 28.4 Å². The standard InChI is InChI=1S/C21H21F3N2O3/c1-2-29-19(28)20(21(22,23)24,25-18(27)16-9-4-3-5-10-16)26-13-12-15-8-6-7-11-17(15)14-26/h3-11H,2,12-14H2,1H3,(H,25,27)/t20-/m1/s1. The van der Waals surface area contributed by atoms with Crippen LogP contribution in [0.25, 0.3) is 0 Å². The molecular weight excluding hydrogens is 385 g/mol. The topological polar surface area (TPSA) is 58.6 Å². The molecule has 1 aliphatic heterocycles. The molecule has 1 atom stereocenters. The van der Waals surface area contributed by atoms with Gasteiger partial charge in [0, 0.05) is 18.7 Å². The summed E-state index contributed by atoms with van der Waals surface area (Å²) in [6.45, 7) is 0.958. The highest BCUT2D eigenvalue weighted by atomic mass is 19.4. The Hall–Kier alpha value is -2.87. The fourth-order valence-corrected chi connectivity index (χ4v) is 3.47. The van der Waals surface area contributed by atoms with Gasteiger partial charge in [0.2, 0.25) is 0 Å². The van der Waals surface area contributed by atoms with Crippen molar-refractivity contribution in [1.82, 2.24) is 10.2 Å². The van der Waals surface area contributed by atoms with Gasteiger partial charge in [-0.2, -0.15) is 13.2 Å². The summed E-state index contributed by atoms with van der Waals surface area (Å²) in [5.41, 5.74) is -1.68. The molecule has 0 spiro atoms. The number of esters is 1. The second-order valence-electron chi connectivity index (χ2n) is 6.69. The van der Waals surface area contributed by atoms with E-state index in [2.05, 4.69) is 0 Å². The largest absolute Gasteiger partial charge is 0.463 e. The molecule has 8 heteroatoms. The van der Waals surface area contributed by atoms with E-state index in [1.807, 2.05) is 17.4 Å². The van der Waals surface area contributed by atoms with Crippen molar-refractivity contribution in [3.05, 3.63) is 71.3 Å². The number of alkyl halides is 3. The zero-order valence-corrected chi connectivity index (χ0v) is 15.8. The third-order valence-electron chi connectivity index (χ3n) is 4.92. The molecule has 0 aromatic heterocycles. The van der Waals surface area contributed by atoms with E-state index in [0.717, 1.165) is 10.5 Å². The summed E-state index contributed by atoms with van der Waals surface area (Å²) < 4.78 is 48.1. The number of nitrogens with zero attached hydrogens (tertiary/aromatic N) is 1. The van der Waals surface area contributed by atoms with Crippen LogP contribution in [0.4, 0.5) is 13.2 Å². The maximum atomic E-state index is 14.4. The molecule has 0 fully saturated rings. The highest BCUT2D eigenvalue weighted by molar-refractivity contribution is 5.98. The van der Waals surface area contributed by atoms with Gasteiger partial charge in [-0.1, -0.05) is 42.5 Å². The molecule has 2 aromatic rings. The number of carbonyl (C=O) groups excluding carboxylic acids is 2. The zero-order valence-electron chi connectivity index (χ0n) is 15.8. The van der Waals surface area contributed by atoms with Gasteiger partial charge in [0.15, 0.2) is 0 Å². The minimum Gasteiger partial charge on any atom is -0.463 e. The van der Waals surface area contributed by atoms with Crippen molar-refractivity contribution >= 4 is 11.9 Å². The SMILES string of the molecule is CCOC(=O)[C@@](NC(=O)c1ccccc1)(N1CCc2ccccc2C1)C(F)(F)F. The van der Waals surface area contributed by atoms with E-state index in [4.69, 9.17) is 4.74 Å². The van der Waals surface area contributed by atoms with Crippen molar-refractivity contribution in [2.45, 2.75) is 31.7 Å². The highest BCUT2D eigenvalue weighted by Gasteiger charge is 2.66. The monoisotopic (exact) mass is 406 g/mol. The Kier molecular flexibility index (Phi) is 5.93. The molecule has 2 aromatic carbocycles.